The van der Waals surface area contributed by atoms with E-state index < -0.39 is 29.5 Å². The molecule has 1 aliphatic rings. The Morgan fingerprint density at radius 3 is 2.48 bits per heavy atom. The van der Waals surface area contributed by atoms with Crippen molar-refractivity contribution in [3.63, 3.8) is 0 Å². The van der Waals surface area contributed by atoms with Gasteiger partial charge in [0.05, 0.1) is 23.4 Å². The fraction of sp³-hybridized carbons (Fsp3) is 0.450. The summed E-state index contributed by atoms with van der Waals surface area (Å²) in [5, 5.41) is 13.4. The van der Waals surface area contributed by atoms with Crippen LogP contribution in [0.25, 0.3) is 0 Å². The number of rotatable bonds is 4. The minimum atomic E-state index is -4.63. The molecule has 1 aromatic rings. The first-order valence-electron chi connectivity index (χ1n) is 8.85. The molecule has 0 aromatic heterocycles. The van der Waals surface area contributed by atoms with Gasteiger partial charge in [0.1, 0.15) is 17.5 Å². The molecule has 1 atom stereocenters. The molecule has 0 radical (unpaired) electrons. The van der Waals surface area contributed by atoms with Gasteiger partial charge >= 0.3 is 12.3 Å². The first-order chi connectivity index (χ1) is 13.3. The molecule has 160 valence electrons. The van der Waals surface area contributed by atoms with Crippen LogP contribution in [0.15, 0.2) is 40.6 Å². The Morgan fingerprint density at radius 2 is 1.93 bits per heavy atom. The van der Waals surface area contributed by atoms with Crippen LogP contribution >= 0.6 is 11.6 Å². The highest BCUT2D eigenvalue weighted by atomic mass is 35.5. The highest BCUT2D eigenvalue weighted by Gasteiger charge is 2.33. The van der Waals surface area contributed by atoms with Crippen molar-refractivity contribution in [1.82, 2.24) is 0 Å². The van der Waals surface area contributed by atoms with Gasteiger partial charge in [0.2, 0.25) is 0 Å². The molecule has 1 aliphatic carbocycles. The van der Waals surface area contributed by atoms with Crippen molar-refractivity contribution in [2.45, 2.75) is 51.5 Å². The van der Waals surface area contributed by atoms with Crippen LogP contribution in [0.3, 0.4) is 0 Å². The minimum Gasteiger partial charge on any atom is -0.500 e. The number of hydrogen-bond acceptors (Lipinski definition) is 4. The molecular weight excluding hydrogens is 411 g/mol. The van der Waals surface area contributed by atoms with Gasteiger partial charge in [-0.25, -0.2) is 4.79 Å². The Hall–Kier alpha value is -2.19. The molecule has 1 aromatic carbocycles. The van der Waals surface area contributed by atoms with Gasteiger partial charge in [-0.05, 0) is 45.4 Å². The molecular formula is C20H23ClF3NO4. The summed E-state index contributed by atoms with van der Waals surface area (Å²) in [4.78, 5) is 12.1. The van der Waals surface area contributed by atoms with Crippen molar-refractivity contribution in [1.29, 1.82) is 0 Å². The van der Waals surface area contributed by atoms with E-state index >= 15 is 0 Å². The average Bonchev–Trinajstić information content (AvgIpc) is 2.59. The average molecular weight is 434 g/mol. The maximum atomic E-state index is 13.2. The third-order valence-corrected chi connectivity index (χ3v) is 4.51. The van der Waals surface area contributed by atoms with Gasteiger partial charge in [0.25, 0.3) is 0 Å². The van der Waals surface area contributed by atoms with Crippen LogP contribution in [0.4, 0.5) is 23.7 Å². The third-order valence-electron chi connectivity index (χ3n) is 4.08. The zero-order valence-electron chi connectivity index (χ0n) is 16.5. The van der Waals surface area contributed by atoms with Gasteiger partial charge in [0, 0.05) is 17.6 Å². The molecule has 1 unspecified atom stereocenters. The number of aliphatic hydroxyl groups is 1. The summed E-state index contributed by atoms with van der Waals surface area (Å²) in [6.45, 7) is 4.95. The van der Waals surface area contributed by atoms with Gasteiger partial charge < -0.3 is 14.6 Å². The quantitative estimate of drug-likeness (QED) is 0.620. The van der Waals surface area contributed by atoms with Crippen LogP contribution in [0, 0.1) is 0 Å². The van der Waals surface area contributed by atoms with E-state index in [1.807, 2.05) is 0 Å². The zero-order chi connectivity index (χ0) is 22.0. The van der Waals surface area contributed by atoms with E-state index in [1.165, 1.54) is 7.11 Å². The van der Waals surface area contributed by atoms with Gasteiger partial charge in [-0.3, -0.25) is 5.32 Å². The second kappa shape index (κ2) is 8.67. The lowest BCUT2D eigenvalue weighted by atomic mass is 9.93. The summed E-state index contributed by atoms with van der Waals surface area (Å²) in [7, 11) is 1.42. The highest BCUT2D eigenvalue weighted by molar-refractivity contribution is 6.32. The largest absolute Gasteiger partial charge is 0.500 e. The Balaban J connectivity index is 2.47. The molecule has 1 amide bonds. The lowest BCUT2D eigenvalue weighted by molar-refractivity contribution is -0.137. The van der Waals surface area contributed by atoms with Crippen molar-refractivity contribution in [3.05, 3.63) is 51.8 Å². The number of ether oxygens (including phenoxy) is 2. The number of alkyl halides is 3. The highest BCUT2D eigenvalue weighted by Crippen LogP contribution is 2.41. The number of benzene rings is 1. The van der Waals surface area contributed by atoms with Crippen molar-refractivity contribution in [3.8, 4) is 0 Å². The molecule has 0 saturated carbocycles. The summed E-state index contributed by atoms with van der Waals surface area (Å²) >= 11 is 6.26. The molecule has 0 bridgehead atoms. The summed E-state index contributed by atoms with van der Waals surface area (Å²) in [6.07, 6.45) is -4.36. The topological polar surface area (TPSA) is 67.8 Å². The third kappa shape index (κ3) is 5.90. The summed E-state index contributed by atoms with van der Waals surface area (Å²) in [6, 6.07) is 2.67. The molecule has 2 N–H and O–H groups in total. The number of carbonyl (C=O) groups is 1. The Morgan fingerprint density at radius 1 is 1.28 bits per heavy atom. The van der Waals surface area contributed by atoms with Gasteiger partial charge in [-0.2, -0.15) is 13.2 Å². The molecule has 29 heavy (non-hydrogen) atoms. The van der Waals surface area contributed by atoms with E-state index in [1.54, 1.807) is 26.8 Å². The number of methoxy groups -OCH3 is 1. The second-order valence-corrected chi connectivity index (χ2v) is 7.85. The second-order valence-electron chi connectivity index (χ2n) is 7.47. The zero-order valence-corrected chi connectivity index (χ0v) is 17.2. The minimum absolute atomic E-state index is 0.0188. The van der Waals surface area contributed by atoms with E-state index in [0.717, 1.165) is 18.2 Å². The Kier molecular flexibility index (Phi) is 6.90. The van der Waals surface area contributed by atoms with Gasteiger partial charge in [-0.15, -0.1) is 0 Å². The van der Waals surface area contributed by atoms with Crippen LogP contribution in [0.2, 0.25) is 0 Å². The van der Waals surface area contributed by atoms with Crippen molar-refractivity contribution < 1.29 is 32.5 Å². The summed E-state index contributed by atoms with van der Waals surface area (Å²) in [5.74, 6) is 0.428. The van der Waals surface area contributed by atoms with E-state index in [0.29, 0.717) is 18.6 Å². The van der Waals surface area contributed by atoms with Crippen LogP contribution < -0.4 is 5.32 Å². The maximum Gasteiger partial charge on any atom is 0.416 e. The fourth-order valence-corrected chi connectivity index (χ4v) is 3.15. The number of nitrogens with one attached hydrogen (secondary N) is 1. The molecule has 5 nitrogen and oxygen atoms in total. The molecule has 0 fully saturated rings. The first kappa shape index (κ1) is 23.1. The van der Waals surface area contributed by atoms with Gasteiger partial charge in [-0.1, -0.05) is 17.7 Å². The van der Waals surface area contributed by atoms with E-state index in [4.69, 9.17) is 21.1 Å². The van der Waals surface area contributed by atoms with E-state index in [9.17, 15) is 23.1 Å². The summed E-state index contributed by atoms with van der Waals surface area (Å²) < 4.78 is 50.0. The lowest BCUT2D eigenvalue weighted by Gasteiger charge is -2.25. The lowest BCUT2D eigenvalue weighted by Crippen LogP contribution is -2.27. The monoisotopic (exact) mass is 433 g/mol. The number of allylic oxidation sites excluding steroid dienone is 2. The number of anilines is 1. The number of halogens is 4. The van der Waals surface area contributed by atoms with Gasteiger partial charge in [0.15, 0.2) is 0 Å². The normalized spacial score (nSPS) is 16.2. The summed E-state index contributed by atoms with van der Waals surface area (Å²) in [5.41, 5.74) is -1.74. The standard InChI is InChI=1S/C20H23ClF3NO4/c1-19(2,3)29-18(27)25-14-9-8-11(20(22,23)24)10-13(14)17(26)12-6-5-7-15(28-4)16(12)21/h6,8-10,17,26H,5,7H2,1-4H3,(H,25,27). The Labute approximate surface area is 172 Å². The molecule has 2 rings (SSSR count). The molecule has 0 saturated heterocycles. The van der Waals surface area contributed by atoms with Crippen LogP contribution in [0.1, 0.15) is 50.8 Å². The maximum absolute atomic E-state index is 13.2. The SMILES string of the molecule is COC1=C(Cl)C(C(O)c2cc(C(F)(F)F)ccc2NC(=O)OC(C)(C)C)=CCC1. The predicted molar refractivity (Wildman–Crippen MR) is 103 cm³/mol. The number of aliphatic hydroxyl groups excluding tert-OH is 1. The fourth-order valence-electron chi connectivity index (χ4n) is 2.80. The van der Waals surface area contributed by atoms with Crippen LogP contribution in [-0.2, 0) is 15.7 Å². The van der Waals surface area contributed by atoms with Crippen LogP contribution in [0.5, 0.6) is 0 Å². The first-order valence-corrected chi connectivity index (χ1v) is 9.23. The molecule has 9 heteroatoms. The van der Waals surface area contributed by atoms with E-state index in [2.05, 4.69) is 5.32 Å². The number of carbonyl (C=O) groups excluding carboxylic acids is 1. The van der Waals surface area contributed by atoms with E-state index in [-0.39, 0.29) is 21.9 Å². The Bertz CT molecular complexity index is 841. The molecule has 0 heterocycles. The van der Waals surface area contributed by atoms with Crippen molar-refractivity contribution >= 4 is 23.4 Å². The number of amides is 1. The van der Waals surface area contributed by atoms with Crippen LogP contribution in [-0.4, -0.2) is 23.9 Å². The predicted octanol–water partition coefficient (Wildman–Crippen LogP) is 5.90. The molecule has 0 spiro atoms. The smallest absolute Gasteiger partial charge is 0.416 e. The van der Waals surface area contributed by atoms with Crippen molar-refractivity contribution in [2.75, 3.05) is 12.4 Å². The molecule has 0 aliphatic heterocycles. The van der Waals surface area contributed by atoms with Crippen molar-refractivity contribution in [2.24, 2.45) is 0 Å². The number of hydrogen-bond donors (Lipinski definition) is 2.